The number of H-pyrrole nitrogens is 1. The molecule has 0 saturated heterocycles. The van der Waals surface area contributed by atoms with Crippen molar-refractivity contribution >= 4 is 23.5 Å². The maximum atomic E-state index is 13.8. The molecule has 3 rings (SSSR count). The van der Waals surface area contributed by atoms with Gasteiger partial charge in [0.25, 0.3) is 5.91 Å². The molecule has 0 aliphatic heterocycles. The first-order valence-corrected chi connectivity index (χ1v) is 8.12. The van der Waals surface area contributed by atoms with Gasteiger partial charge in [-0.2, -0.15) is 5.10 Å². The molecule has 3 aromatic rings. The molecular weight excluding hydrogens is 334 g/mol. The predicted octanol–water partition coefficient (Wildman–Crippen LogP) is 3.72. The Hall–Kier alpha value is -2.74. The Labute approximate surface area is 140 Å². The minimum Gasteiger partial charge on any atom is -0.305 e. The Balaban J connectivity index is 1.82. The van der Waals surface area contributed by atoms with Crippen LogP contribution in [0.2, 0.25) is 0 Å². The molecule has 0 radical (unpaired) electrons. The highest BCUT2D eigenvalue weighted by Gasteiger charge is 2.15. The number of nitrogens with one attached hydrogen (secondary N) is 2. The van der Waals surface area contributed by atoms with Crippen molar-refractivity contribution in [1.82, 2.24) is 15.2 Å². The van der Waals surface area contributed by atoms with Crippen molar-refractivity contribution < 1.29 is 13.6 Å². The molecule has 0 saturated carbocycles. The minimum absolute atomic E-state index is 0.139. The number of carbonyl (C=O) groups is 1. The van der Waals surface area contributed by atoms with Crippen molar-refractivity contribution in [3.05, 3.63) is 59.8 Å². The molecule has 2 aromatic heterocycles. The van der Waals surface area contributed by atoms with Crippen molar-refractivity contribution in [2.75, 3.05) is 11.6 Å². The number of carbonyl (C=O) groups excluding carboxylic acids is 1. The maximum Gasteiger partial charge on any atom is 0.257 e. The number of nitrogens with zero attached hydrogens (tertiary/aromatic N) is 2. The molecule has 0 bridgehead atoms. The highest BCUT2D eigenvalue weighted by molar-refractivity contribution is 7.98. The number of hydrogen-bond donors (Lipinski definition) is 2. The molecule has 122 valence electrons. The normalized spacial score (nSPS) is 10.6. The van der Waals surface area contributed by atoms with E-state index in [1.54, 1.807) is 12.1 Å². The summed E-state index contributed by atoms with van der Waals surface area (Å²) in [4.78, 5) is 16.3. The van der Waals surface area contributed by atoms with Crippen molar-refractivity contribution in [3.63, 3.8) is 0 Å². The van der Waals surface area contributed by atoms with Crippen LogP contribution in [0.1, 0.15) is 10.4 Å². The molecule has 0 fully saturated rings. The molecule has 2 N–H and O–H groups in total. The number of aromatic amines is 1. The Kier molecular flexibility index (Phi) is 4.57. The Bertz CT molecular complexity index is 877. The average Bonchev–Trinajstić information content (AvgIpc) is 3.02. The third-order valence-corrected chi connectivity index (χ3v) is 3.90. The van der Waals surface area contributed by atoms with Crippen molar-refractivity contribution in [2.45, 2.75) is 5.03 Å². The van der Waals surface area contributed by atoms with Crippen LogP contribution < -0.4 is 5.32 Å². The van der Waals surface area contributed by atoms with Crippen LogP contribution in [0.25, 0.3) is 11.3 Å². The summed E-state index contributed by atoms with van der Waals surface area (Å²) in [6.45, 7) is 0. The van der Waals surface area contributed by atoms with Crippen molar-refractivity contribution in [3.8, 4) is 11.3 Å². The number of amides is 1. The van der Waals surface area contributed by atoms with E-state index in [0.29, 0.717) is 10.6 Å². The molecule has 8 heteroatoms. The molecule has 0 spiro atoms. The van der Waals surface area contributed by atoms with Gasteiger partial charge in [0, 0.05) is 17.8 Å². The number of pyridine rings is 1. The van der Waals surface area contributed by atoms with E-state index < -0.39 is 11.6 Å². The minimum atomic E-state index is -0.713. The molecule has 24 heavy (non-hydrogen) atoms. The standard InChI is InChI=1S/C16H12F2N4OS/c1-24-14-7-9(5-6-19-14)16(23)20-13-8-12(21-22-13)15-10(17)3-2-4-11(15)18/h2-8H,1H3,(H2,20,21,22,23). The van der Waals surface area contributed by atoms with E-state index in [9.17, 15) is 13.6 Å². The van der Waals surface area contributed by atoms with Gasteiger partial charge < -0.3 is 5.32 Å². The van der Waals surface area contributed by atoms with E-state index in [2.05, 4.69) is 20.5 Å². The second-order valence-corrected chi connectivity index (χ2v) is 5.63. The number of halogens is 2. The van der Waals surface area contributed by atoms with E-state index in [1.807, 2.05) is 6.26 Å². The van der Waals surface area contributed by atoms with Crippen LogP contribution >= 0.6 is 11.8 Å². The second kappa shape index (κ2) is 6.79. The first-order chi connectivity index (χ1) is 11.6. The van der Waals surface area contributed by atoms with Crippen LogP contribution in [0.15, 0.2) is 47.6 Å². The second-order valence-electron chi connectivity index (χ2n) is 4.80. The van der Waals surface area contributed by atoms with E-state index in [-0.39, 0.29) is 23.0 Å². The fraction of sp³-hybridized carbons (Fsp3) is 0.0625. The Morgan fingerprint density at radius 2 is 1.96 bits per heavy atom. The van der Waals surface area contributed by atoms with Gasteiger partial charge in [0.2, 0.25) is 0 Å². The van der Waals surface area contributed by atoms with Crippen LogP contribution in [0, 0.1) is 11.6 Å². The van der Waals surface area contributed by atoms with Crippen LogP contribution in [-0.2, 0) is 0 Å². The SMILES string of the molecule is CSc1cc(C(=O)Nc2cc(-c3c(F)cccc3F)[nH]n2)ccn1. The van der Waals surface area contributed by atoms with E-state index >= 15 is 0 Å². The summed E-state index contributed by atoms with van der Waals surface area (Å²) in [5, 5.41) is 9.68. The molecular formula is C16H12F2N4OS. The largest absolute Gasteiger partial charge is 0.305 e. The molecule has 0 unspecified atom stereocenters. The molecule has 2 heterocycles. The number of benzene rings is 1. The zero-order valence-electron chi connectivity index (χ0n) is 12.5. The topological polar surface area (TPSA) is 70.7 Å². The van der Waals surface area contributed by atoms with Crippen LogP contribution in [0.5, 0.6) is 0 Å². The summed E-state index contributed by atoms with van der Waals surface area (Å²) in [6, 6.07) is 8.16. The van der Waals surface area contributed by atoms with Gasteiger partial charge in [-0.15, -0.1) is 11.8 Å². The number of anilines is 1. The summed E-state index contributed by atoms with van der Waals surface area (Å²) in [6.07, 6.45) is 3.39. The molecule has 0 aliphatic carbocycles. The number of thioether (sulfide) groups is 1. The molecule has 1 aromatic carbocycles. The number of rotatable bonds is 4. The fourth-order valence-corrected chi connectivity index (χ4v) is 2.53. The summed E-state index contributed by atoms with van der Waals surface area (Å²) in [5.74, 6) is -1.65. The smallest absolute Gasteiger partial charge is 0.257 e. The zero-order valence-corrected chi connectivity index (χ0v) is 13.3. The van der Waals surface area contributed by atoms with Gasteiger partial charge >= 0.3 is 0 Å². The van der Waals surface area contributed by atoms with E-state index in [1.165, 1.54) is 30.1 Å². The van der Waals surface area contributed by atoms with Crippen LogP contribution in [0.4, 0.5) is 14.6 Å². The van der Waals surface area contributed by atoms with E-state index in [0.717, 1.165) is 12.1 Å². The summed E-state index contributed by atoms with van der Waals surface area (Å²) >= 11 is 1.42. The van der Waals surface area contributed by atoms with Gasteiger partial charge in [-0.1, -0.05) is 6.07 Å². The summed E-state index contributed by atoms with van der Waals surface area (Å²) in [5.41, 5.74) is 0.329. The summed E-state index contributed by atoms with van der Waals surface area (Å²) in [7, 11) is 0. The zero-order chi connectivity index (χ0) is 17.1. The quantitative estimate of drug-likeness (QED) is 0.706. The highest BCUT2D eigenvalue weighted by atomic mass is 32.2. The molecule has 0 aliphatic rings. The fourth-order valence-electron chi connectivity index (χ4n) is 2.12. The maximum absolute atomic E-state index is 13.8. The van der Waals surface area contributed by atoms with Gasteiger partial charge in [-0.25, -0.2) is 13.8 Å². The van der Waals surface area contributed by atoms with Gasteiger partial charge in [-0.3, -0.25) is 9.89 Å². The molecule has 0 atom stereocenters. The third kappa shape index (κ3) is 3.28. The van der Waals surface area contributed by atoms with Gasteiger partial charge in [-0.05, 0) is 30.5 Å². The third-order valence-electron chi connectivity index (χ3n) is 3.26. The molecule has 5 nitrogen and oxygen atoms in total. The lowest BCUT2D eigenvalue weighted by Crippen LogP contribution is -2.12. The van der Waals surface area contributed by atoms with Crippen LogP contribution in [-0.4, -0.2) is 27.3 Å². The highest BCUT2D eigenvalue weighted by Crippen LogP contribution is 2.26. The first kappa shape index (κ1) is 16.1. The lowest BCUT2D eigenvalue weighted by molar-refractivity contribution is 0.102. The number of aromatic nitrogens is 3. The lowest BCUT2D eigenvalue weighted by Gasteiger charge is -2.03. The van der Waals surface area contributed by atoms with E-state index in [4.69, 9.17) is 0 Å². The van der Waals surface area contributed by atoms with Crippen molar-refractivity contribution in [1.29, 1.82) is 0 Å². The predicted molar refractivity (Wildman–Crippen MR) is 87.9 cm³/mol. The van der Waals surface area contributed by atoms with Gasteiger partial charge in [0.05, 0.1) is 16.3 Å². The van der Waals surface area contributed by atoms with Gasteiger partial charge in [0.15, 0.2) is 5.82 Å². The Morgan fingerprint density at radius 3 is 2.67 bits per heavy atom. The molecule has 1 amide bonds. The van der Waals surface area contributed by atoms with Crippen LogP contribution in [0.3, 0.4) is 0 Å². The average molecular weight is 346 g/mol. The lowest BCUT2D eigenvalue weighted by atomic mass is 10.1. The Morgan fingerprint density at radius 1 is 1.21 bits per heavy atom. The van der Waals surface area contributed by atoms with Crippen molar-refractivity contribution in [2.24, 2.45) is 0 Å². The number of hydrogen-bond acceptors (Lipinski definition) is 4. The monoisotopic (exact) mass is 346 g/mol. The van der Waals surface area contributed by atoms with Gasteiger partial charge in [0.1, 0.15) is 11.6 Å². The summed E-state index contributed by atoms with van der Waals surface area (Å²) < 4.78 is 27.5. The first-order valence-electron chi connectivity index (χ1n) is 6.89.